The molecule has 0 heterocycles. The monoisotopic (exact) mass is 277 g/mol. The summed E-state index contributed by atoms with van der Waals surface area (Å²) in [6.45, 7) is 2.10. The van der Waals surface area contributed by atoms with E-state index < -0.39 is 46.4 Å². The van der Waals surface area contributed by atoms with Gasteiger partial charge >= 0.3 is 29.6 Å². The second-order valence-electron chi connectivity index (χ2n) is 4.06. The smallest absolute Gasteiger partial charge is 0.860 e. The molecule has 0 aromatic rings. The van der Waals surface area contributed by atoms with Crippen molar-refractivity contribution in [2.75, 3.05) is 18.9 Å². The molecule has 0 amide bonds. The van der Waals surface area contributed by atoms with Gasteiger partial charge in [0.05, 0.1) is 25.0 Å². The first-order chi connectivity index (χ1) is 7.10. The van der Waals surface area contributed by atoms with Crippen molar-refractivity contribution in [3.8, 4) is 0 Å². The summed E-state index contributed by atoms with van der Waals surface area (Å²) in [5, 5.41) is 29.6. The maximum atomic E-state index is 11.2. The van der Waals surface area contributed by atoms with Crippen molar-refractivity contribution in [3.05, 3.63) is 0 Å². The van der Waals surface area contributed by atoms with Crippen molar-refractivity contribution in [2.45, 2.75) is 20.0 Å². The SMILES string of the molecule is CC(C)(CO)[C@@H](O)C([O-])=NCCS(=O)(=O)O.[Na+]. The topological polar surface area (TPSA) is 130 Å². The second-order valence-corrected chi connectivity index (χ2v) is 5.63. The molecule has 3 N–H and O–H groups in total. The summed E-state index contributed by atoms with van der Waals surface area (Å²) in [5.41, 5.74) is -1.04. The molecule has 0 aliphatic carbocycles. The fraction of sp³-hybridized carbons (Fsp3) is 0.875. The van der Waals surface area contributed by atoms with Crippen LogP contribution in [0.3, 0.4) is 0 Å². The summed E-state index contributed by atoms with van der Waals surface area (Å²) in [6.07, 6.45) is -1.50. The van der Waals surface area contributed by atoms with E-state index in [-0.39, 0.29) is 29.6 Å². The van der Waals surface area contributed by atoms with Gasteiger partial charge in [-0.15, -0.1) is 0 Å². The quantitative estimate of drug-likeness (QED) is 0.193. The molecule has 0 rings (SSSR count). The van der Waals surface area contributed by atoms with Crippen molar-refractivity contribution < 1.29 is 57.8 Å². The largest absolute Gasteiger partial charge is 1.00 e. The van der Waals surface area contributed by atoms with Crippen molar-refractivity contribution >= 4 is 16.0 Å². The van der Waals surface area contributed by atoms with Gasteiger partial charge in [-0.2, -0.15) is 8.42 Å². The Morgan fingerprint density at radius 1 is 1.47 bits per heavy atom. The Bertz CT molecular complexity index is 353. The van der Waals surface area contributed by atoms with Crippen LogP contribution in [0.1, 0.15) is 13.8 Å². The molecule has 9 heteroatoms. The predicted octanol–water partition coefficient (Wildman–Crippen LogP) is -4.98. The number of hydrogen-bond acceptors (Lipinski definition) is 6. The average molecular weight is 277 g/mol. The second kappa shape index (κ2) is 7.67. The molecule has 0 spiro atoms. The van der Waals surface area contributed by atoms with Crippen molar-refractivity contribution in [1.29, 1.82) is 0 Å². The maximum Gasteiger partial charge on any atom is 1.00 e. The third-order valence-corrected chi connectivity index (χ3v) is 2.70. The van der Waals surface area contributed by atoms with Gasteiger partial charge in [-0.05, 0) is 5.90 Å². The van der Waals surface area contributed by atoms with Gasteiger partial charge < -0.3 is 20.3 Å². The van der Waals surface area contributed by atoms with Crippen LogP contribution in [0.5, 0.6) is 0 Å². The molecule has 0 fully saturated rings. The van der Waals surface area contributed by atoms with Crippen molar-refractivity contribution in [3.63, 3.8) is 0 Å². The molecule has 0 unspecified atom stereocenters. The minimum absolute atomic E-state index is 0. The Kier molecular flexibility index (Phi) is 8.86. The zero-order valence-electron chi connectivity index (χ0n) is 10.1. The van der Waals surface area contributed by atoms with Gasteiger partial charge in [0.15, 0.2) is 0 Å². The number of aliphatic hydroxyl groups is 2. The third kappa shape index (κ3) is 8.09. The summed E-state index contributed by atoms with van der Waals surface area (Å²) in [6, 6.07) is 0. The molecule has 0 saturated carbocycles. The van der Waals surface area contributed by atoms with E-state index in [1.807, 2.05) is 0 Å². The minimum Gasteiger partial charge on any atom is -0.860 e. The van der Waals surface area contributed by atoms with Gasteiger partial charge in [-0.3, -0.25) is 4.55 Å². The van der Waals surface area contributed by atoms with Crippen molar-refractivity contribution in [1.82, 2.24) is 0 Å². The zero-order valence-corrected chi connectivity index (χ0v) is 12.9. The molecular weight excluding hydrogens is 261 g/mol. The Morgan fingerprint density at radius 3 is 2.29 bits per heavy atom. The number of aliphatic hydroxyl groups excluding tert-OH is 2. The van der Waals surface area contributed by atoms with E-state index in [1.54, 1.807) is 0 Å². The molecule has 0 aromatic heterocycles. The fourth-order valence-electron chi connectivity index (χ4n) is 0.778. The van der Waals surface area contributed by atoms with Gasteiger partial charge in [-0.1, -0.05) is 13.8 Å². The Morgan fingerprint density at radius 2 is 1.94 bits per heavy atom. The summed E-state index contributed by atoms with van der Waals surface area (Å²) in [5.74, 6) is -1.59. The Hall–Kier alpha value is 0.300. The first-order valence-electron chi connectivity index (χ1n) is 4.55. The maximum absolute atomic E-state index is 11.2. The molecule has 96 valence electrons. The summed E-state index contributed by atoms with van der Waals surface area (Å²) in [7, 11) is -4.16. The average Bonchev–Trinajstić information content (AvgIpc) is 2.14. The van der Waals surface area contributed by atoms with Crippen LogP contribution in [0.2, 0.25) is 0 Å². The van der Waals surface area contributed by atoms with Crippen LogP contribution in [0.4, 0.5) is 0 Å². The number of aliphatic imine (C=N–C) groups is 1. The Balaban J connectivity index is 0. The molecule has 7 nitrogen and oxygen atoms in total. The van der Waals surface area contributed by atoms with Gasteiger partial charge in [0.25, 0.3) is 10.1 Å². The van der Waals surface area contributed by atoms with E-state index in [0.29, 0.717) is 0 Å². The molecule has 0 bridgehead atoms. The summed E-state index contributed by atoms with van der Waals surface area (Å²) >= 11 is 0. The first-order valence-corrected chi connectivity index (χ1v) is 6.16. The van der Waals surface area contributed by atoms with E-state index in [1.165, 1.54) is 13.8 Å². The van der Waals surface area contributed by atoms with Crippen LogP contribution in [-0.4, -0.2) is 54.1 Å². The minimum atomic E-state index is -4.16. The number of nitrogens with zero attached hydrogens (tertiary/aromatic N) is 1. The molecule has 0 saturated heterocycles. The normalized spacial score (nSPS) is 15.2. The van der Waals surface area contributed by atoms with Gasteiger partial charge in [0, 0.05) is 5.41 Å². The zero-order chi connectivity index (χ0) is 13.0. The molecule has 0 aliphatic heterocycles. The fourth-order valence-corrected chi connectivity index (χ4v) is 1.10. The van der Waals surface area contributed by atoms with E-state index >= 15 is 0 Å². The van der Waals surface area contributed by atoms with Gasteiger partial charge in [-0.25, -0.2) is 0 Å². The van der Waals surface area contributed by atoms with Gasteiger partial charge in [0.1, 0.15) is 0 Å². The van der Waals surface area contributed by atoms with Crippen LogP contribution in [0, 0.1) is 5.41 Å². The van der Waals surface area contributed by atoms with Crippen molar-refractivity contribution in [2.24, 2.45) is 10.4 Å². The third-order valence-electron chi connectivity index (χ3n) is 2.00. The van der Waals surface area contributed by atoms with Crippen LogP contribution >= 0.6 is 0 Å². The van der Waals surface area contributed by atoms with E-state index in [2.05, 4.69) is 4.99 Å². The summed E-state index contributed by atoms with van der Waals surface area (Å²) in [4.78, 5) is 3.28. The molecule has 0 aromatic carbocycles. The number of rotatable bonds is 6. The number of hydrogen-bond donors (Lipinski definition) is 3. The van der Waals surface area contributed by atoms with Crippen LogP contribution < -0.4 is 34.7 Å². The van der Waals surface area contributed by atoms with E-state index in [4.69, 9.17) is 9.66 Å². The molecular formula is C8H16NNaO6S. The molecule has 1 atom stereocenters. The molecule has 17 heavy (non-hydrogen) atoms. The Labute approximate surface area is 123 Å². The summed E-state index contributed by atoms with van der Waals surface area (Å²) < 4.78 is 29.0. The van der Waals surface area contributed by atoms with Gasteiger partial charge in [0.2, 0.25) is 0 Å². The molecule has 0 radical (unpaired) electrons. The first kappa shape index (κ1) is 19.6. The van der Waals surface area contributed by atoms with Crippen LogP contribution in [0.15, 0.2) is 4.99 Å². The predicted molar refractivity (Wildman–Crippen MR) is 55.6 cm³/mol. The van der Waals surface area contributed by atoms with Crippen LogP contribution in [-0.2, 0) is 10.1 Å². The van der Waals surface area contributed by atoms with E-state index in [0.717, 1.165) is 0 Å². The molecule has 0 aliphatic rings. The van der Waals surface area contributed by atoms with E-state index in [9.17, 15) is 18.6 Å². The van der Waals surface area contributed by atoms with Crippen LogP contribution in [0.25, 0.3) is 0 Å². The standard InChI is InChI=1S/C8H17NO6S.Na/c1-8(2,5-10)6(11)7(12)9-3-4-16(13,14)15;/h6,10-11H,3-5H2,1-2H3,(H,9,12)(H,13,14,15);/q;+1/p-1/t6-;/m0./s1.